The molecule has 0 saturated heterocycles. The maximum atomic E-state index is 5.09. The Balaban J connectivity index is 1.08. The highest BCUT2D eigenvalue weighted by Gasteiger charge is 2.16. The summed E-state index contributed by atoms with van der Waals surface area (Å²) >= 11 is 0. The number of pyridine rings is 1. The van der Waals surface area contributed by atoms with Gasteiger partial charge in [0.1, 0.15) is 11.0 Å². The van der Waals surface area contributed by atoms with E-state index in [1.54, 1.807) is 0 Å². The van der Waals surface area contributed by atoms with Crippen LogP contribution < -0.4 is 0 Å². The van der Waals surface area contributed by atoms with Crippen LogP contribution in [0.25, 0.3) is 89.3 Å². The number of hydrogen-bond acceptors (Lipinski definition) is 7. The second kappa shape index (κ2) is 11.1. The maximum Gasteiger partial charge on any atom is 0.164 e. The van der Waals surface area contributed by atoms with Crippen LogP contribution in [0.5, 0.6) is 0 Å². The third-order valence-electron chi connectivity index (χ3n) is 8.42. The zero-order valence-corrected chi connectivity index (χ0v) is 24.9. The minimum absolute atomic E-state index is 0.630. The molecule has 0 spiro atoms. The molecule has 0 unspecified atom stereocenters. The highest BCUT2D eigenvalue weighted by Crippen LogP contribution is 2.37. The summed E-state index contributed by atoms with van der Waals surface area (Å²) in [6.45, 7) is 0. The molecule has 47 heavy (non-hydrogen) atoms. The van der Waals surface area contributed by atoms with Gasteiger partial charge in [0, 0.05) is 38.4 Å². The van der Waals surface area contributed by atoms with Gasteiger partial charge >= 0.3 is 0 Å². The van der Waals surface area contributed by atoms with E-state index >= 15 is 0 Å². The summed E-state index contributed by atoms with van der Waals surface area (Å²) < 4.78 is 5.09. The second-order valence-electron chi connectivity index (χ2n) is 11.3. The molecule has 0 atom stereocenters. The third-order valence-corrected chi connectivity index (χ3v) is 8.42. The smallest absolute Gasteiger partial charge is 0.164 e. The lowest BCUT2D eigenvalue weighted by Gasteiger charge is -2.11. The molecule has 0 saturated carbocycles. The van der Waals surface area contributed by atoms with Gasteiger partial charge in [-0.25, -0.2) is 24.6 Å². The van der Waals surface area contributed by atoms with Crippen LogP contribution in [0, 0.1) is 0 Å². The van der Waals surface area contributed by atoms with Gasteiger partial charge in [-0.05, 0) is 39.6 Å². The van der Waals surface area contributed by atoms with Gasteiger partial charge in [0.2, 0.25) is 0 Å². The van der Waals surface area contributed by atoms with Crippen LogP contribution in [0.3, 0.4) is 0 Å². The molecular formula is C40H24N6O. The molecule has 9 aromatic rings. The first-order valence-electron chi connectivity index (χ1n) is 15.3. The molecular weight excluding hydrogens is 580 g/mol. The van der Waals surface area contributed by atoms with Crippen molar-refractivity contribution >= 4 is 32.7 Å². The Morgan fingerprint density at radius 3 is 1.47 bits per heavy atom. The van der Waals surface area contributed by atoms with E-state index in [9.17, 15) is 0 Å². The van der Waals surface area contributed by atoms with Crippen LogP contribution in [0.1, 0.15) is 0 Å². The Hall–Kier alpha value is -6.60. The molecule has 0 aliphatic heterocycles. The molecule has 0 amide bonds. The van der Waals surface area contributed by atoms with Crippen LogP contribution in [-0.4, -0.2) is 30.2 Å². The Kier molecular flexibility index (Phi) is 6.31. The molecule has 7 heteroatoms. The molecule has 0 fully saturated rings. The van der Waals surface area contributed by atoms with Gasteiger partial charge in [-0.1, -0.05) is 127 Å². The van der Waals surface area contributed by atoms with Crippen molar-refractivity contribution in [2.45, 2.75) is 0 Å². The van der Waals surface area contributed by atoms with Gasteiger partial charge < -0.3 is 0 Å². The number of benzene rings is 6. The third kappa shape index (κ3) is 4.78. The van der Waals surface area contributed by atoms with Crippen molar-refractivity contribution in [3.8, 4) is 56.5 Å². The Labute approximate surface area is 269 Å². The van der Waals surface area contributed by atoms with Crippen LogP contribution >= 0.6 is 0 Å². The molecule has 0 N–H and O–H groups in total. The molecule has 9 rings (SSSR count). The summed E-state index contributed by atoms with van der Waals surface area (Å²) in [4.78, 5) is 19.6. The molecule has 3 aromatic heterocycles. The number of hydrogen-bond donors (Lipinski definition) is 0. The summed E-state index contributed by atoms with van der Waals surface area (Å²) in [5, 5.41) is 11.3. The van der Waals surface area contributed by atoms with Crippen LogP contribution in [-0.2, 0) is 0 Å². The fourth-order valence-electron chi connectivity index (χ4n) is 6.07. The van der Waals surface area contributed by atoms with Crippen molar-refractivity contribution in [3.05, 3.63) is 146 Å². The molecule has 0 bridgehead atoms. The monoisotopic (exact) mass is 604 g/mol. The number of fused-ring (bicyclic) bond motifs is 5. The quantitative estimate of drug-likeness (QED) is 0.181. The molecule has 6 aromatic carbocycles. The van der Waals surface area contributed by atoms with Gasteiger partial charge in [-0.3, -0.25) is 0 Å². The summed E-state index contributed by atoms with van der Waals surface area (Å²) in [6, 6.07) is 49.0. The second-order valence-corrected chi connectivity index (χ2v) is 11.3. The summed E-state index contributed by atoms with van der Waals surface area (Å²) in [6.07, 6.45) is 0. The highest BCUT2D eigenvalue weighted by atomic mass is 16.6. The first-order valence-corrected chi connectivity index (χ1v) is 15.3. The van der Waals surface area contributed by atoms with Gasteiger partial charge in [-0.15, -0.1) is 0 Å². The van der Waals surface area contributed by atoms with E-state index < -0.39 is 0 Å². The first-order chi connectivity index (χ1) is 23.3. The van der Waals surface area contributed by atoms with Crippen molar-refractivity contribution in [2.75, 3.05) is 0 Å². The normalized spacial score (nSPS) is 11.4. The van der Waals surface area contributed by atoms with Gasteiger partial charge in [-0.2, -0.15) is 0 Å². The van der Waals surface area contributed by atoms with Crippen LogP contribution in [0.2, 0.25) is 0 Å². The standard InChI is InChI=1S/C40H24N6O/c1-3-9-28(10-4-1)38-42-39(29-11-5-2-6-12-29)44-40(43-38)30-21-17-26(18-22-30)25-15-19-27(20-16-25)36-32-23-24-34-37(46-47-45-34)35(32)31-13-7-8-14-33(31)41-36/h1-24H. The zero-order chi connectivity index (χ0) is 31.2. The fourth-order valence-corrected chi connectivity index (χ4v) is 6.07. The number of nitrogens with zero attached hydrogens (tertiary/aromatic N) is 6. The topological polar surface area (TPSA) is 90.5 Å². The Morgan fingerprint density at radius 1 is 0.340 bits per heavy atom. The van der Waals surface area contributed by atoms with Crippen LogP contribution in [0.4, 0.5) is 0 Å². The highest BCUT2D eigenvalue weighted by molar-refractivity contribution is 6.20. The molecule has 0 aliphatic rings. The van der Waals surface area contributed by atoms with Gasteiger partial charge in [0.15, 0.2) is 17.5 Å². The van der Waals surface area contributed by atoms with E-state index in [0.717, 1.165) is 71.8 Å². The van der Waals surface area contributed by atoms with Crippen molar-refractivity contribution < 1.29 is 4.63 Å². The molecule has 220 valence electrons. The molecule has 0 radical (unpaired) electrons. The molecule has 7 nitrogen and oxygen atoms in total. The Bertz CT molecular complexity index is 2490. The number of para-hydroxylation sites is 1. The van der Waals surface area contributed by atoms with E-state index in [2.05, 4.69) is 71.0 Å². The summed E-state index contributed by atoms with van der Waals surface area (Å²) in [7, 11) is 0. The van der Waals surface area contributed by atoms with Crippen molar-refractivity contribution in [1.29, 1.82) is 0 Å². The van der Waals surface area contributed by atoms with Gasteiger partial charge in [0.05, 0.1) is 11.2 Å². The average Bonchev–Trinajstić information content (AvgIpc) is 3.65. The number of aromatic nitrogens is 6. The first kappa shape index (κ1) is 26.8. The summed E-state index contributed by atoms with van der Waals surface area (Å²) in [5.41, 5.74) is 9.27. The SMILES string of the molecule is c1ccc(-c2nc(-c3ccccc3)nc(-c3ccc(-c4ccc(-c5nc6ccccc6c6c5ccc5nonc56)cc4)cc3)n2)cc1. The largest absolute Gasteiger partial charge is 0.247 e. The fraction of sp³-hybridized carbons (Fsp3) is 0. The van der Waals surface area contributed by atoms with E-state index in [1.807, 2.05) is 84.9 Å². The summed E-state index contributed by atoms with van der Waals surface area (Å²) in [5.74, 6) is 1.92. The lowest BCUT2D eigenvalue weighted by Crippen LogP contribution is -2.00. The number of rotatable bonds is 5. The maximum absolute atomic E-state index is 5.09. The lowest BCUT2D eigenvalue weighted by atomic mass is 9.97. The minimum atomic E-state index is 0.630. The Morgan fingerprint density at radius 2 is 0.851 bits per heavy atom. The van der Waals surface area contributed by atoms with Gasteiger partial charge in [0.25, 0.3) is 0 Å². The van der Waals surface area contributed by atoms with Crippen molar-refractivity contribution in [1.82, 2.24) is 30.2 Å². The predicted octanol–water partition coefficient (Wildman–Crippen LogP) is 9.44. The van der Waals surface area contributed by atoms with Crippen molar-refractivity contribution in [3.63, 3.8) is 0 Å². The van der Waals surface area contributed by atoms with E-state index in [0.29, 0.717) is 17.5 Å². The molecule has 0 aliphatic carbocycles. The van der Waals surface area contributed by atoms with Crippen LogP contribution in [0.15, 0.2) is 150 Å². The molecule has 3 heterocycles. The van der Waals surface area contributed by atoms with E-state index in [1.165, 1.54) is 0 Å². The minimum Gasteiger partial charge on any atom is -0.247 e. The van der Waals surface area contributed by atoms with E-state index in [4.69, 9.17) is 24.6 Å². The average molecular weight is 605 g/mol. The predicted molar refractivity (Wildman–Crippen MR) is 185 cm³/mol. The zero-order valence-electron chi connectivity index (χ0n) is 24.9. The van der Waals surface area contributed by atoms with E-state index in [-0.39, 0.29) is 0 Å². The van der Waals surface area contributed by atoms with Crippen molar-refractivity contribution in [2.24, 2.45) is 0 Å². The lowest BCUT2D eigenvalue weighted by molar-refractivity contribution is 0.316.